The van der Waals surface area contributed by atoms with Crippen molar-refractivity contribution in [3.05, 3.63) is 30.1 Å². The molecular formula is C9H12N3+. The minimum absolute atomic E-state index is 0.889. The van der Waals surface area contributed by atoms with Gasteiger partial charge in [0.05, 0.1) is 24.0 Å². The predicted molar refractivity (Wildman–Crippen MR) is 47.6 cm³/mol. The fourth-order valence-corrected chi connectivity index (χ4v) is 1.29. The summed E-state index contributed by atoms with van der Waals surface area (Å²) in [5.41, 5.74) is 5.95. The van der Waals surface area contributed by atoms with E-state index in [9.17, 15) is 0 Å². The van der Waals surface area contributed by atoms with Crippen molar-refractivity contribution in [3.63, 3.8) is 0 Å². The summed E-state index contributed by atoms with van der Waals surface area (Å²) in [7, 11) is 0. The maximum Gasteiger partial charge on any atom is 0.112 e. The van der Waals surface area contributed by atoms with Crippen LogP contribution < -0.4 is 5.73 Å². The highest BCUT2D eigenvalue weighted by Crippen LogP contribution is 2.09. The minimum atomic E-state index is 0.889. The molecular weight excluding hydrogens is 150 g/mol. The molecule has 0 aliphatic rings. The van der Waals surface area contributed by atoms with Gasteiger partial charge in [0.2, 0.25) is 0 Å². The van der Waals surface area contributed by atoms with Crippen molar-refractivity contribution < 1.29 is 5.73 Å². The van der Waals surface area contributed by atoms with E-state index >= 15 is 0 Å². The summed E-state index contributed by atoms with van der Waals surface area (Å²) in [4.78, 5) is 7.65. The lowest BCUT2D eigenvalue weighted by molar-refractivity contribution is -0.366. The third kappa shape index (κ3) is 1.19. The third-order valence-corrected chi connectivity index (χ3v) is 1.85. The van der Waals surface area contributed by atoms with Gasteiger partial charge in [0.25, 0.3) is 0 Å². The lowest BCUT2D eigenvalue weighted by Gasteiger charge is -1.85. The van der Waals surface area contributed by atoms with E-state index < -0.39 is 0 Å². The first-order chi connectivity index (χ1) is 5.90. The van der Waals surface area contributed by atoms with Gasteiger partial charge in [0.1, 0.15) is 5.82 Å². The number of H-pyrrole nitrogens is 1. The smallest absolute Gasteiger partial charge is 0.112 e. The molecule has 0 fully saturated rings. The van der Waals surface area contributed by atoms with Gasteiger partial charge in [-0.3, -0.25) is 0 Å². The maximum atomic E-state index is 4.41. The number of benzene rings is 1. The Labute approximate surface area is 70.6 Å². The van der Waals surface area contributed by atoms with E-state index in [0.717, 1.165) is 29.8 Å². The van der Waals surface area contributed by atoms with Crippen LogP contribution in [0.2, 0.25) is 0 Å². The Morgan fingerprint density at radius 2 is 2.17 bits per heavy atom. The molecule has 0 aliphatic carbocycles. The highest BCUT2D eigenvalue weighted by molar-refractivity contribution is 5.74. The molecule has 0 atom stereocenters. The molecule has 0 aliphatic heterocycles. The van der Waals surface area contributed by atoms with E-state index in [2.05, 4.69) is 15.7 Å². The summed E-state index contributed by atoms with van der Waals surface area (Å²) in [6.07, 6.45) is 0.925. The summed E-state index contributed by atoms with van der Waals surface area (Å²) >= 11 is 0. The second-order valence-corrected chi connectivity index (χ2v) is 2.80. The highest BCUT2D eigenvalue weighted by Gasteiger charge is 1.99. The van der Waals surface area contributed by atoms with Crippen LogP contribution in [0.3, 0.4) is 0 Å². The number of nitrogens with one attached hydrogen (secondary N) is 1. The molecule has 12 heavy (non-hydrogen) atoms. The number of aromatic nitrogens is 2. The van der Waals surface area contributed by atoms with Crippen LogP contribution in [0.15, 0.2) is 24.3 Å². The molecule has 0 saturated heterocycles. The molecule has 0 unspecified atom stereocenters. The van der Waals surface area contributed by atoms with Crippen molar-refractivity contribution in [2.75, 3.05) is 6.54 Å². The average Bonchev–Trinajstić information content (AvgIpc) is 2.47. The Balaban J connectivity index is 2.47. The van der Waals surface area contributed by atoms with E-state index in [0.29, 0.717) is 0 Å². The van der Waals surface area contributed by atoms with Crippen LogP contribution in [-0.4, -0.2) is 16.5 Å². The van der Waals surface area contributed by atoms with Crippen molar-refractivity contribution in [2.24, 2.45) is 0 Å². The number of para-hydroxylation sites is 2. The summed E-state index contributed by atoms with van der Waals surface area (Å²) in [6.45, 7) is 0.889. The van der Waals surface area contributed by atoms with Crippen molar-refractivity contribution in [2.45, 2.75) is 6.42 Å². The van der Waals surface area contributed by atoms with Crippen LogP contribution in [0.5, 0.6) is 0 Å². The van der Waals surface area contributed by atoms with Crippen molar-refractivity contribution in [3.8, 4) is 0 Å². The third-order valence-electron chi connectivity index (χ3n) is 1.85. The Morgan fingerprint density at radius 1 is 1.33 bits per heavy atom. The standard InChI is InChI=1S/C9H11N3/c10-6-5-9-11-7-3-1-2-4-8(7)12-9/h1-4H,5-6,10H2,(H,11,12)/p+1. The molecule has 3 heteroatoms. The fraction of sp³-hybridized carbons (Fsp3) is 0.222. The number of fused-ring (bicyclic) bond motifs is 1. The zero-order valence-corrected chi connectivity index (χ0v) is 6.88. The summed E-state index contributed by atoms with van der Waals surface area (Å²) < 4.78 is 0. The quantitative estimate of drug-likeness (QED) is 0.657. The SMILES string of the molecule is [NH3+]CCc1nc2ccccc2[nH]1. The number of aromatic amines is 1. The van der Waals surface area contributed by atoms with E-state index in [1.165, 1.54) is 0 Å². The molecule has 1 aromatic carbocycles. The van der Waals surface area contributed by atoms with Gasteiger partial charge >= 0.3 is 0 Å². The number of imidazole rings is 1. The van der Waals surface area contributed by atoms with Crippen LogP contribution >= 0.6 is 0 Å². The monoisotopic (exact) mass is 162 g/mol. The first-order valence-electron chi connectivity index (χ1n) is 4.13. The van der Waals surface area contributed by atoms with Crippen LogP contribution in [0.4, 0.5) is 0 Å². The van der Waals surface area contributed by atoms with E-state index in [1.54, 1.807) is 0 Å². The topological polar surface area (TPSA) is 56.3 Å². The largest absolute Gasteiger partial charge is 0.357 e. The minimum Gasteiger partial charge on any atom is -0.357 e. The van der Waals surface area contributed by atoms with Crippen molar-refractivity contribution in [1.29, 1.82) is 0 Å². The molecule has 0 radical (unpaired) electrons. The molecule has 2 rings (SSSR count). The average molecular weight is 162 g/mol. The van der Waals surface area contributed by atoms with Crippen LogP contribution in [-0.2, 0) is 6.42 Å². The number of nitrogens with zero attached hydrogens (tertiary/aromatic N) is 1. The molecule has 1 aromatic heterocycles. The fourth-order valence-electron chi connectivity index (χ4n) is 1.29. The van der Waals surface area contributed by atoms with E-state index in [4.69, 9.17) is 0 Å². The van der Waals surface area contributed by atoms with Gasteiger partial charge in [-0.25, -0.2) is 4.98 Å². The number of rotatable bonds is 2. The number of hydrogen-bond acceptors (Lipinski definition) is 1. The Bertz CT molecular complexity index is 345. The van der Waals surface area contributed by atoms with E-state index in [-0.39, 0.29) is 0 Å². The first kappa shape index (κ1) is 7.31. The van der Waals surface area contributed by atoms with Crippen LogP contribution in [0.1, 0.15) is 5.82 Å². The predicted octanol–water partition coefficient (Wildman–Crippen LogP) is 0.347. The van der Waals surface area contributed by atoms with Crippen LogP contribution in [0, 0.1) is 0 Å². The zero-order valence-electron chi connectivity index (χ0n) is 6.88. The lowest BCUT2D eigenvalue weighted by Crippen LogP contribution is -2.51. The van der Waals surface area contributed by atoms with Crippen molar-refractivity contribution >= 4 is 11.0 Å². The molecule has 0 saturated carbocycles. The Kier molecular flexibility index (Phi) is 1.80. The molecule has 2 aromatic rings. The first-order valence-corrected chi connectivity index (χ1v) is 4.13. The van der Waals surface area contributed by atoms with Crippen LogP contribution in [0.25, 0.3) is 11.0 Å². The molecule has 0 amide bonds. The summed E-state index contributed by atoms with van der Waals surface area (Å²) in [5, 5.41) is 0. The second kappa shape index (κ2) is 2.95. The molecule has 62 valence electrons. The molecule has 4 N–H and O–H groups in total. The van der Waals surface area contributed by atoms with Gasteiger partial charge in [0.15, 0.2) is 0 Å². The van der Waals surface area contributed by atoms with Gasteiger partial charge in [-0.2, -0.15) is 0 Å². The molecule has 0 bridgehead atoms. The number of hydrogen-bond donors (Lipinski definition) is 2. The van der Waals surface area contributed by atoms with Gasteiger partial charge in [-0.05, 0) is 12.1 Å². The molecule has 3 nitrogen and oxygen atoms in total. The summed E-state index contributed by atoms with van der Waals surface area (Å²) in [5.74, 6) is 1.03. The molecule has 1 heterocycles. The maximum absolute atomic E-state index is 4.41. The normalized spacial score (nSPS) is 10.8. The van der Waals surface area contributed by atoms with Gasteiger partial charge < -0.3 is 10.7 Å². The molecule has 0 spiro atoms. The Hall–Kier alpha value is -1.35. The van der Waals surface area contributed by atoms with Gasteiger partial charge in [-0.15, -0.1) is 0 Å². The second-order valence-electron chi connectivity index (χ2n) is 2.80. The van der Waals surface area contributed by atoms with E-state index in [1.807, 2.05) is 24.3 Å². The summed E-state index contributed by atoms with van der Waals surface area (Å²) in [6, 6.07) is 8.05. The number of quaternary nitrogens is 1. The van der Waals surface area contributed by atoms with Gasteiger partial charge in [-0.1, -0.05) is 12.1 Å². The highest BCUT2D eigenvalue weighted by atomic mass is 14.9. The zero-order chi connectivity index (χ0) is 8.39. The Morgan fingerprint density at radius 3 is 2.92 bits per heavy atom. The van der Waals surface area contributed by atoms with Gasteiger partial charge in [0, 0.05) is 0 Å². The van der Waals surface area contributed by atoms with Crippen molar-refractivity contribution in [1.82, 2.24) is 9.97 Å². The lowest BCUT2D eigenvalue weighted by atomic mass is 10.3.